The van der Waals surface area contributed by atoms with E-state index in [1.54, 1.807) is 0 Å². The van der Waals surface area contributed by atoms with Crippen LogP contribution in [0.3, 0.4) is 0 Å². The lowest BCUT2D eigenvalue weighted by molar-refractivity contribution is 0.767. The van der Waals surface area contributed by atoms with Crippen molar-refractivity contribution in [2.45, 2.75) is 26.2 Å². The second-order valence-corrected chi connectivity index (χ2v) is 16.1. The first-order valence-electron chi connectivity index (χ1n) is 21.6. The third-order valence-corrected chi connectivity index (χ3v) is 12.1. The zero-order valence-corrected chi connectivity index (χ0v) is 35.7. The lowest BCUT2D eigenvalue weighted by atomic mass is 9.67. The largest absolute Gasteiger partial charge is 0.0871 e. The van der Waals surface area contributed by atoms with E-state index in [2.05, 4.69) is 238 Å². The molecule has 0 fully saturated rings. The van der Waals surface area contributed by atoms with Gasteiger partial charge in [-0.2, -0.15) is 0 Å². The monoisotopic (exact) mass is 794 g/mol. The van der Waals surface area contributed by atoms with Gasteiger partial charge in [0.1, 0.15) is 0 Å². The molecule has 298 valence electrons. The van der Waals surface area contributed by atoms with E-state index in [0.717, 1.165) is 0 Å². The molecule has 0 radical (unpaired) electrons. The van der Waals surface area contributed by atoms with Crippen LogP contribution in [0, 0.1) is 13.8 Å². The zero-order chi connectivity index (χ0) is 42.3. The van der Waals surface area contributed by atoms with Crippen LogP contribution < -0.4 is 0 Å². The van der Waals surface area contributed by atoms with Gasteiger partial charge in [0.25, 0.3) is 0 Å². The lowest BCUT2D eigenvalue weighted by Gasteiger charge is -2.34. The fourth-order valence-corrected chi connectivity index (χ4v) is 9.44. The number of hydrogen-bond donors (Lipinski definition) is 0. The van der Waals surface area contributed by atoms with Crippen LogP contribution in [-0.2, 0) is 5.41 Å². The Morgan fingerprint density at radius 3 is 1.32 bits per heavy atom. The Morgan fingerprint density at radius 1 is 0.339 bits per heavy atom. The molecule has 0 heteroatoms. The lowest BCUT2D eigenvalue weighted by Crippen LogP contribution is -2.28. The fourth-order valence-electron chi connectivity index (χ4n) is 9.44. The van der Waals surface area contributed by atoms with E-state index in [0.29, 0.717) is 0 Å². The van der Waals surface area contributed by atoms with Crippen LogP contribution in [0.4, 0.5) is 0 Å². The first-order chi connectivity index (χ1) is 30.6. The maximum atomic E-state index is 2.37. The highest BCUT2D eigenvalue weighted by molar-refractivity contribution is 6.21. The highest BCUT2D eigenvalue weighted by Crippen LogP contribution is 2.56. The van der Waals surface area contributed by atoms with Crippen molar-refractivity contribution in [2.75, 3.05) is 0 Å². The summed E-state index contributed by atoms with van der Waals surface area (Å²) < 4.78 is 0. The van der Waals surface area contributed by atoms with Gasteiger partial charge in [0.15, 0.2) is 0 Å². The quantitative estimate of drug-likeness (QED) is 0.152. The molecule has 1 aliphatic rings. The number of aryl methyl sites for hydroxylation is 2. The molecule has 0 saturated carbocycles. The van der Waals surface area contributed by atoms with Gasteiger partial charge in [0.2, 0.25) is 0 Å². The van der Waals surface area contributed by atoms with Gasteiger partial charge in [-0.3, -0.25) is 0 Å². The molecule has 0 atom stereocenters. The summed E-state index contributed by atoms with van der Waals surface area (Å²) in [6, 6.07) is 85.0. The summed E-state index contributed by atoms with van der Waals surface area (Å²) in [7, 11) is 0. The molecule has 11 rings (SSSR count). The molecule has 0 aromatic heterocycles. The summed E-state index contributed by atoms with van der Waals surface area (Å²) in [5.74, 6) is 0. The topological polar surface area (TPSA) is 0 Å². The second kappa shape index (κ2) is 18.0. The van der Waals surface area contributed by atoms with Crippen molar-refractivity contribution in [2.24, 2.45) is 0 Å². The van der Waals surface area contributed by atoms with Crippen LogP contribution in [-0.4, -0.2) is 0 Å². The van der Waals surface area contributed by atoms with Crippen LogP contribution in [0.5, 0.6) is 0 Å². The summed E-state index contributed by atoms with van der Waals surface area (Å²) in [5.41, 5.74) is 16.9. The van der Waals surface area contributed by atoms with Crippen molar-refractivity contribution >= 4 is 27.6 Å². The molecule has 0 spiro atoms. The summed E-state index contributed by atoms with van der Waals surface area (Å²) in [4.78, 5) is 0. The Kier molecular flexibility index (Phi) is 11.6. The minimum absolute atomic E-state index is 0.263. The zero-order valence-electron chi connectivity index (χ0n) is 35.7. The maximum Gasteiger partial charge on any atom is 0.0713 e. The van der Waals surface area contributed by atoms with Crippen LogP contribution in [0.1, 0.15) is 45.9 Å². The molecule has 0 heterocycles. The Morgan fingerprint density at radius 2 is 0.758 bits per heavy atom. The molecule has 0 saturated heterocycles. The average Bonchev–Trinajstić information content (AvgIpc) is 3.63. The van der Waals surface area contributed by atoms with E-state index in [1.807, 2.05) is 31.2 Å². The number of fused-ring (bicyclic) bond motifs is 5. The van der Waals surface area contributed by atoms with E-state index in [-0.39, 0.29) is 5.41 Å². The molecule has 1 aliphatic carbocycles. The fraction of sp³-hybridized carbons (Fsp3) is 0.0645. The Labute approximate surface area is 367 Å². The van der Waals surface area contributed by atoms with Crippen molar-refractivity contribution in [1.82, 2.24) is 0 Å². The smallest absolute Gasteiger partial charge is 0.0713 e. The van der Waals surface area contributed by atoms with Gasteiger partial charge in [0, 0.05) is 0 Å². The predicted octanol–water partition coefficient (Wildman–Crippen LogP) is 16.7. The van der Waals surface area contributed by atoms with Crippen LogP contribution in [0.2, 0.25) is 0 Å². The van der Waals surface area contributed by atoms with Crippen molar-refractivity contribution < 1.29 is 0 Å². The van der Waals surface area contributed by atoms with Gasteiger partial charge >= 0.3 is 0 Å². The average molecular weight is 795 g/mol. The van der Waals surface area contributed by atoms with E-state index in [4.69, 9.17) is 0 Å². The van der Waals surface area contributed by atoms with E-state index < -0.39 is 0 Å². The summed E-state index contributed by atoms with van der Waals surface area (Å²) in [5, 5.41) is 5.24. The molecule has 10 aromatic carbocycles. The molecule has 0 amide bonds. The van der Waals surface area contributed by atoms with E-state index in [9.17, 15) is 0 Å². The number of rotatable bonds is 5. The molecule has 0 unspecified atom stereocenters. The number of allylic oxidation sites excluding steroid dienone is 1. The summed E-state index contributed by atoms with van der Waals surface area (Å²) in [6.07, 6.45) is 4.12. The van der Waals surface area contributed by atoms with Gasteiger partial charge in [-0.05, 0) is 104 Å². The van der Waals surface area contributed by atoms with Crippen LogP contribution in [0.25, 0.3) is 61.0 Å². The van der Waals surface area contributed by atoms with E-state index in [1.165, 1.54) is 93.9 Å². The minimum atomic E-state index is -0.263. The SMILES string of the molecule is C/C=C/c1ccccc1.Cc1ccc2c(-c3ccccc3)c3ccccc3c(-c3ccccc3)c2c1.Cc1ccc2c(c1)C(c1ccccc1)(c1ccccc1)c1ccccc1-2. The first kappa shape index (κ1) is 39.9. The van der Waals surface area contributed by atoms with Gasteiger partial charge in [-0.25, -0.2) is 0 Å². The second-order valence-electron chi connectivity index (χ2n) is 16.1. The van der Waals surface area contributed by atoms with Crippen molar-refractivity contribution in [3.63, 3.8) is 0 Å². The minimum Gasteiger partial charge on any atom is -0.0871 e. The summed E-state index contributed by atoms with van der Waals surface area (Å²) >= 11 is 0. The van der Waals surface area contributed by atoms with Crippen LogP contribution in [0.15, 0.2) is 243 Å². The molecular formula is C62H50. The molecule has 62 heavy (non-hydrogen) atoms. The van der Waals surface area contributed by atoms with Crippen molar-refractivity contribution in [1.29, 1.82) is 0 Å². The Hall–Kier alpha value is -7.54. The molecular weight excluding hydrogens is 745 g/mol. The molecule has 0 aliphatic heterocycles. The molecule has 0 bridgehead atoms. The van der Waals surface area contributed by atoms with Crippen LogP contribution >= 0.6 is 0 Å². The Bertz CT molecular complexity index is 3070. The van der Waals surface area contributed by atoms with Gasteiger partial charge in [-0.15, -0.1) is 0 Å². The Balaban J connectivity index is 0.000000132. The molecule has 10 aromatic rings. The predicted molar refractivity (Wildman–Crippen MR) is 267 cm³/mol. The van der Waals surface area contributed by atoms with E-state index >= 15 is 0 Å². The molecule has 0 nitrogen and oxygen atoms in total. The van der Waals surface area contributed by atoms with Gasteiger partial charge < -0.3 is 0 Å². The van der Waals surface area contributed by atoms with Gasteiger partial charge in [0.05, 0.1) is 5.41 Å². The maximum absolute atomic E-state index is 2.37. The first-order valence-corrected chi connectivity index (χ1v) is 21.6. The number of hydrogen-bond acceptors (Lipinski definition) is 0. The van der Waals surface area contributed by atoms with Gasteiger partial charge in [-0.1, -0.05) is 260 Å². The third-order valence-electron chi connectivity index (χ3n) is 12.1. The third kappa shape index (κ3) is 7.57. The van der Waals surface area contributed by atoms with Crippen molar-refractivity contribution in [3.05, 3.63) is 282 Å². The highest BCUT2D eigenvalue weighted by atomic mass is 14.5. The molecule has 0 N–H and O–H groups in total. The highest BCUT2D eigenvalue weighted by Gasteiger charge is 2.45. The van der Waals surface area contributed by atoms with Crippen molar-refractivity contribution in [3.8, 4) is 33.4 Å². The summed E-state index contributed by atoms with van der Waals surface area (Å²) in [6.45, 7) is 6.38. The normalized spacial score (nSPS) is 12.2. The standard InChI is InChI=1S/C27H20.C26H20.C9H10/c1-19-16-17-24-25(18-19)27(21-12-6-3-7-13-21)23-15-9-8-14-22(23)26(24)20-10-4-2-5-11-20;1-19-16-17-23-22-14-8-9-15-24(22)26(25(23)18-19,20-10-4-2-5-11-20)21-12-6-3-7-13-21;1-2-6-9-7-4-3-5-8-9/h2-18H,1H3;2-18H,1H3;2-8H,1H3/b;;6-2+. The number of benzene rings is 10.